The molecule has 6 nitrogen and oxygen atoms in total. The molecule has 2 aromatic rings. The first kappa shape index (κ1) is 14.0. The van der Waals surface area contributed by atoms with Crippen molar-refractivity contribution < 1.29 is 9.53 Å². The molecule has 0 saturated carbocycles. The number of hydrogen-bond acceptors (Lipinski definition) is 6. The lowest BCUT2D eigenvalue weighted by Gasteiger charge is -2.18. The molecule has 3 heterocycles. The number of carbonyl (C=O) groups is 1. The molecule has 2 aromatic heterocycles. The van der Waals surface area contributed by atoms with Crippen LogP contribution in [0.4, 0.5) is 5.13 Å². The molecule has 7 heteroatoms. The summed E-state index contributed by atoms with van der Waals surface area (Å²) in [6.07, 6.45) is 4.40. The summed E-state index contributed by atoms with van der Waals surface area (Å²) in [4.78, 5) is 20.1. The quantitative estimate of drug-likeness (QED) is 0.883. The number of pyridine rings is 1. The molecule has 3 N–H and O–H groups in total. The second kappa shape index (κ2) is 6.19. The maximum absolute atomic E-state index is 12.1. The number of aromatic nitrogens is 2. The monoisotopic (exact) mass is 304 g/mol. The molecule has 1 saturated heterocycles. The summed E-state index contributed by atoms with van der Waals surface area (Å²) in [5.41, 5.74) is 7.11. The maximum Gasteiger partial charge on any atom is 0.271 e. The van der Waals surface area contributed by atoms with Gasteiger partial charge < -0.3 is 15.8 Å². The van der Waals surface area contributed by atoms with Crippen LogP contribution in [0.2, 0.25) is 0 Å². The fraction of sp³-hybridized carbons (Fsp3) is 0.357. The van der Waals surface area contributed by atoms with Gasteiger partial charge in [0.1, 0.15) is 5.69 Å². The first-order valence-corrected chi connectivity index (χ1v) is 7.59. The number of ether oxygens (including phenoxy) is 1. The minimum Gasteiger partial charge on any atom is -0.379 e. The van der Waals surface area contributed by atoms with Gasteiger partial charge in [-0.05, 0) is 24.1 Å². The normalized spacial score (nSPS) is 21.3. The number of nitrogen functional groups attached to an aromatic ring is 1. The van der Waals surface area contributed by atoms with Gasteiger partial charge in [-0.3, -0.25) is 9.78 Å². The van der Waals surface area contributed by atoms with Crippen LogP contribution in [0, 0.1) is 5.92 Å². The van der Waals surface area contributed by atoms with Gasteiger partial charge in [-0.1, -0.05) is 0 Å². The van der Waals surface area contributed by atoms with E-state index in [1.807, 2.05) is 12.1 Å². The van der Waals surface area contributed by atoms with Crippen molar-refractivity contribution >= 4 is 22.4 Å². The van der Waals surface area contributed by atoms with E-state index < -0.39 is 0 Å². The highest BCUT2D eigenvalue weighted by Gasteiger charge is 2.30. The number of nitrogens with zero attached hydrogens (tertiary/aromatic N) is 2. The third-order valence-corrected chi connectivity index (χ3v) is 4.19. The highest BCUT2D eigenvalue weighted by Crippen LogP contribution is 2.20. The SMILES string of the molecule is Nc1nc(C(=O)N[C@H]2COC[C@H]2Cc2ccncc2)cs1. The Morgan fingerprint density at radius 2 is 2.24 bits per heavy atom. The number of nitrogens with two attached hydrogens (primary N) is 1. The molecule has 1 aliphatic heterocycles. The Morgan fingerprint density at radius 3 is 2.95 bits per heavy atom. The Balaban J connectivity index is 1.63. The van der Waals surface area contributed by atoms with E-state index in [1.165, 1.54) is 16.9 Å². The number of hydrogen-bond donors (Lipinski definition) is 2. The molecule has 110 valence electrons. The van der Waals surface area contributed by atoms with Gasteiger partial charge in [0.25, 0.3) is 5.91 Å². The molecule has 1 amide bonds. The molecule has 0 spiro atoms. The van der Waals surface area contributed by atoms with E-state index in [1.54, 1.807) is 17.8 Å². The lowest BCUT2D eigenvalue weighted by atomic mass is 9.95. The first-order valence-electron chi connectivity index (χ1n) is 6.71. The van der Waals surface area contributed by atoms with E-state index in [2.05, 4.69) is 15.3 Å². The van der Waals surface area contributed by atoms with Crippen molar-refractivity contribution in [2.75, 3.05) is 18.9 Å². The molecule has 0 bridgehead atoms. The number of amides is 1. The van der Waals surface area contributed by atoms with Crippen LogP contribution in [-0.4, -0.2) is 35.1 Å². The van der Waals surface area contributed by atoms with E-state index in [-0.39, 0.29) is 17.9 Å². The molecular weight excluding hydrogens is 288 g/mol. The van der Waals surface area contributed by atoms with Crippen LogP contribution < -0.4 is 11.1 Å². The molecule has 0 radical (unpaired) electrons. The Labute approximate surface area is 126 Å². The van der Waals surface area contributed by atoms with Crippen molar-refractivity contribution in [1.82, 2.24) is 15.3 Å². The second-order valence-corrected chi connectivity index (χ2v) is 5.90. The molecule has 21 heavy (non-hydrogen) atoms. The fourth-order valence-electron chi connectivity index (χ4n) is 2.42. The third-order valence-electron chi connectivity index (χ3n) is 3.52. The van der Waals surface area contributed by atoms with Crippen LogP contribution >= 0.6 is 11.3 Å². The fourth-order valence-corrected chi connectivity index (χ4v) is 2.96. The zero-order chi connectivity index (χ0) is 14.7. The Hall–Kier alpha value is -1.99. The summed E-state index contributed by atoms with van der Waals surface area (Å²) in [6.45, 7) is 1.17. The van der Waals surface area contributed by atoms with Crippen molar-refractivity contribution in [3.05, 3.63) is 41.2 Å². The minimum absolute atomic E-state index is 0.00594. The summed E-state index contributed by atoms with van der Waals surface area (Å²) in [6, 6.07) is 3.96. The van der Waals surface area contributed by atoms with Crippen molar-refractivity contribution in [1.29, 1.82) is 0 Å². The van der Waals surface area contributed by atoms with Gasteiger partial charge in [0.15, 0.2) is 5.13 Å². The van der Waals surface area contributed by atoms with Gasteiger partial charge in [-0.25, -0.2) is 4.98 Å². The smallest absolute Gasteiger partial charge is 0.271 e. The highest BCUT2D eigenvalue weighted by molar-refractivity contribution is 7.13. The standard InChI is InChI=1S/C14H16N4O2S/c15-14-18-12(8-21-14)13(19)17-11-7-20-6-10(11)5-9-1-3-16-4-2-9/h1-4,8,10-11H,5-7H2,(H2,15,18)(H,17,19)/t10-,11+/m1/s1. The largest absolute Gasteiger partial charge is 0.379 e. The average Bonchev–Trinajstić information content (AvgIpc) is 3.10. The van der Waals surface area contributed by atoms with Gasteiger partial charge >= 0.3 is 0 Å². The molecule has 2 atom stereocenters. The van der Waals surface area contributed by atoms with Crippen LogP contribution in [0.3, 0.4) is 0 Å². The summed E-state index contributed by atoms with van der Waals surface area (Å²) in [7, 11) is 0. The maximum atomic E-state index is 12.1. The molecule has 1 aliphatic rings. The predicted molar refractivity (Wildman–Crippen MR) is 80.0 cm³/mol. The zero-order valence-corrected chi connectivity index (χ0v) is 12.2. The zero-order valence-electron chi connectivity index (χ0n) is 11.4. The highest BCUT2D eigenvalue weighted by atomic mass is 32.1. The predicted octanol–water partition coefficient (Wildman–Crippen LogP) is 1.11. The summed E-state index contributed by atoms with van der Waals surface area (Å²) in [5.74, 6) is 0.0607. The van der Waals surface area contributed by atoms with E-state index >= 15 is 0 Å². The Kier molecular flexibility index (Phi) is 4.12. The number of carbonyl (C=O) groups excluding carboxylic acids is 1. The topological polar surface area (TPSA) is 90.1 Å². The van der Waals surface area contributed by atoms with Crippen LogP contribution in [0.25, 0.3) is 0 Å². The third kappa shape index (κ3) is 3.37. The number of nitrogens with one attached hydrogen (secondary N) is 1. The number of anilines is 1. The van der Waals surface area contributed by atoms with Gasteiger partial charge in [0, 0.05) is 23.7 Å². The van der Waals surface area contributed by atoms with E-state index in [0.29, 0.717) is 24.0 Å². The molecule has 0 aliphatic carbocycles. The van der Waals surface area contributed by atoms with Crippen LogP contribution in [0.1, 0.15) is 16.1 Å². The van der Waals surface area contributed by atoms with Crippen LogP contribution in [0.15, 0.2) is 29.9 Å². The lowest BCUT2D eigenvalue weighted by Crippen LogP contribution is -2.40. The van der Waals surface area contributed by atoms with E-state index in [4.69, 9.17) is 10.5 Å². The Morgan fingerprint density at radius 1 is 1.43 bits per heavy atom. The lowest BCUT2D eigenvalue weighted by molar-refractivity contribution is 0.0921. The Bertz CT molecular complexity index is 616. The molecule has 0 unspecified atom stereocenters. The van der Waals surface area contributed by atoms with Crippen LogP contribution in [0.5, 0.6) is 0 Å². The van der Waals surface area contributed by atoms with Crippen molar-refractivity contribution in [2.24, 2.45) is 5.92 Å². The second-order valence-electron chi connectivity index (χ2n) is 5.01. The van der Waals surface area contributed by atoms with E-state index in [9.17, 15) is 4.79 Å². The molecular formula is C14H16N4O2S. The summed E-state index contributed by atoms with van der Waals surface area (Å²) >= 11 is 1.26. The van der Waals surface area contributed by atoms with Crippen molar-refractivity contribution in [3.8, 4) is 0 Å². The van der Waals surface area contributed by atoms with Gasteiger partial charge in [0.05, 0.1) is 19.3 Å². The van der Waals surface area contributed by atoms with E-state index in [0.717, 1.165) is 6.42 Å². The minimum atomic E-state index is -0.196. The summed E-state index contributed by atoms with van der Waals surface area (Å²) < 4.78 is 5.51. The van der Waals surface area contributed by atoms with Gasteiger partial charge in [-0.2, -0.15) is 0 Å². The van der Waals surface area contributed by atoms with Gasteiger partial charge in [-0.15, -0.1) is 11.3 Å². The van der Waals surface area contributed by atoms with Crippen molar-refractivity contribution in [2.45, 2.75) is 12.5 Å². The average molecular weight is 304 g/mol. The number of rotatable bonds is 4. The molecule has 1 fully saturated rings. The van der Waals surface area contributed by atoms with Gasteiger partial charge in [0.2, 0.25) is 0 Å². The first-order chi connectivity index (χ1) is 10.2. The number of thiazole rings is 1. The summed E-state index contributed by atoms with van der Waals surface area (Å²) in [5, 5.41) is 5.05. The van der Waals surface area contributed by atoms with Crippen LogP contribution in [-0.2, 0) is 11.2 Å². The molecule has 3 rings (SSSR count). The van der Waals surface area contributed by atoms with Crippen molar-refractivity contribution in [3.63, 3.8) is 0 Å². The molecule has 0 aromatic carbocycles.